The average molecular weight is 430 g/mol. The molecule has 0 spiro atoms. The van der Waals surface area contributed by atoms with E-state index in [1.165, 1.54) is 0 Å². The molecule has 2 amide bonds. The number of nitrogens with one attached hydrogen (secondary N) is 2. The molecule has 0 atom stereocenters. The summed E-state index contributed by atoms with van der Waals surface area (Å²) in [5.74, 6) is -0.526. The minimum Gasteiger partial charge on any atom is -0.450 e. The lowest BCUT2D eigenvalue weighted by molar-refractivity contribution is 0.100. The van der Waals surface area contributed by atoms with E-state index in [4.69, 9.17) is 10.5 Å². The zero-order chi connectivity index (χ0) is 22.7. The Kier molecular flexibility index (Phi) is 5.87. The molecular weight excluding hydrogens is 408 g/mol. The minimum absolute atomic E-state index is 0.202. The molecule has 0 fully saturated rings. The number of hydrogen-bond acceptors (Lipinski definition) is 6. The van der Waals surface area contributed by atoms with Gasteiger partial charge in [-0.1, -0.05) is 18.2 Å². The van der Waals surface area contributed by atoms with Gasteiger partial charge in [0.05, 0.1) is 29.9 Å². The van der Waals surface area contributed by atoms with Gasteiger partial charge >= 0.3 is 6.09 Å². The Morgan fingerprint density at radius 2 is 1.75 bits per heavy atom. The Balaban J connectivity index is 1.84. The molecule has 0 saturated carbocycles. The van der Waals surface area contributed by atoms with Crippen LogP contribution in [0.5, 0.6) is 0 Å². The van der Waals surface area contributed by atoms with Gasteiger partial charge in [-0.2, -0.15) is 0 Å². The highest BCUT2D eigenvalue weighted by atomic mass is 16.5. The molecule has 0 saturated heterocycles. The average Bonchev–Trinajstić information content (AvgIpc) is 2.78. The van der Waals surface area contributed by atoms with Crippen molar-refractivity contribution in [1.82, 2.24) is 4.98 Å². The molecule has 32 heavy (non-hydrogen) atoms. The maximum atomic E-state index is 11.9. The number of aliphatic hydroxyl groups is 1. The number of aliphatic hydroxyl groups excluding tert-OH is 1. The molecule has 0 bridgehead atoms. The largest absolute Gasteiger partial charge is 0.450 e. The Hall–Kier alpha value is -4.17. The van der Waals surface area contributed by atoms with E-state index in [-0.39, 0.29) is 13.2 Å². The second kappa shape index (κ2) is 8.91. The van der Waals surface area contributed by atoms with Crippen molar-refractivity contribution in [3.05, 3.63) is 71.8 Å². The summed E-state index contributed by atoms with van der Waals surface area (Å²) in [6.07, 6.45) is -0.577. The van der Waals surface area contributed by atoms with Crippen LogP contribution in [0.25, 0.3) is 21.8 Å². The van der Waals surface area contributed by atoms with Crippen LogP contribution < -0.4 is 16.4 Å². The summed E-state index contributed by atoms with van der Waals surface area (Å²) < 4.78 is 4.94. The summed E-state index contributed by atoms with van der Waals surface area (Å²) in [7, 11) is 0. The summed E-state index contributed by atoms with van der Waals surface area (Å²) in [6.45, 7) is 1.77. The number of benzene rings is 3. The molecule has 1 aromatic heterocycles. The normalized spacial score (nSPS) is 10.8. The second-order valence-corrected chi connectivity index (χ2v) is 7.15. The van der Waals surface area contributed by atoms with Crippen LogP contribution in [-0.2, 0) is 11.3 Å². The molecule has 0 aliphatic carbocycles. The molecule has 8 nitrogen and oxygen atoms in total. The van der Waals surface area contributed by atoms with Crippen LogP contribution in [0.2, 0.25) is 0 Å². The summed E-state index contributed by atoms with van der Waals surface area (Å²) in [4.78, 5) is 28.2. The number of fused-ring (bicyclic) bond motifs is 2. The quantitative estimate of drug-likeness (QED) is 0.338. The molecule has 0 aliphatic heterocycles. The van der Waals surface area contributed by atoms with Gasteiger partial charge in [0.1, 0.15) is 0 Å². The summed E-state index contributed by atoms with van der Waals surface area (Å²) >= 11 is 0. The highest BCUT2D eigenvalue weighted by Crippen LogP contribution is 2.34. The third-order valence-electron chi connectivity index (χ3n) is 4.93. The molecular formula is C24H22N4O4. The number of carbonyl (C=O) groups is 2. The number of carbonyl (C=O) groups excluding carboxylic acids is 2. The maximum absolute atomic E-state index is 11.9. The number of pyridine rings is 1. The first-order valence-electron chi connectivity index (χ1n) is 10.1. The van der Waals surface area contributed by atoms with E-state index in [1.54, 1.807) is 43.3 Å². The van der Waals surface area contributed by atoms with Crippen molar-refractivity contribution in [2.45, 2.75) is 13.5 Å². The van der Waals surface area contributed by atoms with Gasteiger partial charge < -0.3 is 20.9 Å². The van der Waals surface area contributed by atoms with Crippen molar-refractivity contribution in [3.8, 4) is 0 Å². The lowest BCUT2D eigenvalue weighted by Crippen LogP contribution is -2.13. The van der Waals surface area contributed by atoms with Crippen LogP contribution in [0.1, 0.15) is 22.8 Å². The Labute approximate surface area is 184 Å². The van der Waals surface area contributed by atoms with Crippen molar-refractivity contribution in [3.63, 3.8) is 0 Å². The number of para-hydroxylation sites is 1. The number of primary amides is 1. The van der Waals surface area contributed by atoms with Gasteiger partial charge in [-0.3, -0.25) is 10.1 Å². The van der Waals surface area contributed by atoms with Crippen molar-refractivity contribution in [1.29, 1.82) is 0 Å². The smallest absolute Gasteiger partial charge is 0.411 e. The molecule has 8 heteroatoms. The van der Waals surface area contributed by atoms with E-state index in [2.05, 4.69) is 15.6 Å². The van der Waals surface area contributed by atoms with Crippen LogP contribution in [0.15, 0.2) is 60.7 Å². The topological polar surface area (TPSA) is 127 Å². The number of hydrogen-bond donors (Lipinski definition) is 4. The zero-order valence-corrected chi connectivity index (χ0v) is 17.4. The van der Waals surface area contributed by atoms with E-state index in [0.717, 1.165) is 22.0 Å². The highest BCUT2D eigenvalue weighted by Gasteiger charge is 2.13. The number of aromatic nitrogens is 1. The second-order valence-electron chi connectivity index (χ2n) is 7.15. The lowest BCUT2D eigenvalue weighted by atomic mass is 10.0. The van der Waals surface area contributed by atoms with Crippen molar-refractivity contribution < 1.29 is 19.4 Å². The van der Waals surface area contributed by atoms with Crippen molar-refractivity contribution in [2.24, 2.45) is 5.73 Å². The molecule has 162 valence electrons. The lowest BCUT2D eigenvalue weighted by Gasteiger charge is -2.16. The molecule has 1 heterocycles. The maximum Gasteiger partial charge on any atom is 0.411 e. The third kappa shape index (κ3) is 4.30. The molecule has 5 N–H and O–H groups in total. The van der Waals surface area contributed by atoms with Gasteiger partial charge in [0, 0.05) is 27.7 Å². The fourth-order valence-corrected chi connectivity index (χ4v) is 3.54. The highest BCUT2D eigenvalue weighted by molar-refractivity contribution is 6.10. The van der Waals surface area contributed by atoms with Crippen LogP contribution in [-0.4, -0.2) is 28.7 Å². The predicted molar refractivity (Wildman–Crippen MR) is 124 cm³/mol. The third-order valence-corrected chi connectivity index (χ3v) is 4.93. The van der Waals surface area contributed by atoms with Crippen LogP contribution in [0, 0.1) is 0 Å². The fourth-order valence-electron chi connectivity index (χ4n) is 3.54. The Morgan fingerprint density at radius 3 is 2.50 bits per heavy atom. The van der Waals surface area contributed by atoms with Crippen LogP contribution >= 0.6 is 0 Å². The monoisotopic (exact) mass is 430 g/mol. The van der Waals surface area contributed by atoms with E-state index in [1.807, 2.05) is 24.3 Å². The van der Waals surface area contributed by atoms with E-state index >= 15 is 0 Å². The molecule has 3 aromatic carbocycles. The van der Waals surface area contributed by atoms with Crippen LogP contribution in [0.4, 0.5) is 21.9 Å². The fraction of sp³-hybridized carbons (Fsp3) is 0.125. The number of nitrogens with two attached hydrogens (primary N) is 1. The van der Waals surface area contributed by atoms with Gasteiger partial charge in [0.25, 0.3) is 0 Å². The first kappa shape index (κ1) is 21.1. The molecule has 4 aromatic rings. The molecule has 0 unspecified atom stereocenters. The first-order valence-corrected chi connectivity index (χ1v) is 10.1. The predicted octanol–water partition coefficient (Wildman–Crippen LogP) is 4.29. The molecule has 0 aliphatic rings. The van der Waals surface area contributed by atoms with E-state index in [9.17, 15) is 14.7 Å². The number of amides is 2. The standard InChI is InChI=1S/C24H22N4O4/c1-2-32-24(31)27-17-10-14(13-29)9-16(12-17)26-22-18-5-3-4-6-20(18)28-21-11-15(23(25)30)7-8-19(21)22/h3-12,29H,2,13H2,1H3,(H2,25,30)(H,26,28)(H,27,31). The van der Waals surface area contributed by atoms with Gasteiger partial charge in [-0.05, 0) is 55.0 Å². The Morgan fingerprint density at radius 1 is 1.00 bits per heavy atom. The summed E-state index contributed by atoms with van der Waals surface area (Å²) in [5.41, 5.74) is 9.69. The van der Waals surface area contributed by atoms with E-state index < -0.39 is 12.0 Å². The van der Waals surface area contributed by atoms with Gasteiger partial charge in [0.2, 0.25) is 5.91 Å². The van der Waals surface area contributed by atoms with Crippen molar-refractivity contribution >= 4 is 50.9 Å². The van der Waals surface area contributed by atoms with Gasteiger partial charge in [0.15, 0.2) is 0 Å². The SMILES string of the molecule is CCOC(=O)Nc1cc(CO)cc(Nc2c3ccccc3nc3cc(C(N)=O)ccc23)c1. The molecule has 0 radical (unpaired) electrons. The molecule has 4 rings (SSSR count). The number of ether oxygens (including phenoxy) is 1. The van der Waals surface area contributed by atoms with Crippen molar-refractivity contribution in [2.75, 3.05) is 17.2 Å². The number of nitrogens with zero attached hydrogens (tertiary/aromatic N) is 1. The zero-order valence-electron chi connectivity index (χ0n) is 17.4. The van der Waals surface area contributed by atoms with Crippen LogP contribution in [0.3, 0.4) is 0 Å². The van der Waals surface area contributed by atoms with Gasteiger partial charge in [-0.25, -0.2) is 9.78 Å². The first-order chi connectivity index (χ1) is 15.5. The van der Waals surface area contributed by atoms with E-state index in [0.29, 0.717) is 28.0 Å². The number of anilines is 3. The summed E-state index contributed by atoms with van der Waals surface area (Å²) in [5, 5.41) is 17.4. The summed E-state index contributed by atoms with van der Waals surface area (Å²) in [6, 6.07) is 17.9. The minimum atomic E-state index is -0.577. The Bertz CT molecular complexity index is 1340. The van der Waals surface area contributed by atoms with Gasteiger partial charge in [-0.15, -0.1) is 0 Å². The number of rotatable bonds is 6.